The summed E-state index contributed by atoms with van der Waals surface area (Å²) in [5.41, 5.74) is 0.940. The van der Waals surface area contributed by atoms with Crippen LogP contribution in [0.3, 0.4) is 0 Å². The Morgan fingerprint density at radius 3 is 2.58 bits per heavy atom. The van der Waals surface area contributed by atoms with E-state index in [2.05, 4.69) is 0 Å². The van der Waals surface area contributed by atoms with Crippen molar-refractivity contribution >= 4 is 18.0 Å². The standard InChI is InChI=1S/C15H18O4/c1-15(2,3)19-14(18)8-7-11-5-4-6-12(9-11)10-13(16)17/h4-9H,10H2,1-3H3,(H,16,17). The summed E-state index contributed by atoms with van der Waals surface area (Å²) >= 11 is 0. The number of esters is 1. The molecule has 0 aliphatic carbocycles. The molecule has 1 aromatic rings. The van der Waals surface area contributed by atoms with Crippen molar-refractivity contribution in [1.29, 1.82) is 0 Å². The zero-order valence-corrected chi connectivity index (χ0v) is 11.3. The van der Waals surface area contributed by atoms with E-state index in [0.29, 0.717) is 5.56 Å². The summed E-state index contributed by atoms with van der Waals surface area (Å²) in [6.07, 6.45) is 2.92. The van der Waals surface area contributed by atoms with E-state index in [1.54, 1.807) is 51.1 Å². The summed E-state index contributed by atoms with van der Waals surface area (Å²) in [6, 6.07) is 7.02. The Hall–Kier alpha value is -2.10. The van der Waals surface area contributed by atoms with E-state index < -0.39 is 17.5 Å². The summed E-state index contributed by atoms with van der Waals surface area (Å²) in [6.45, 7) is 5.39. The summed E-state index contributed by atoms with van der Waals surface area (Å²) in [5.74, 6) is -1.30. The van der Waals surface area contributed by atoms with Crippen molar-refractivity contribution in [3.05, 3.63) is 41.5 Å². The van der Waals surface area contributed by atoms with Gasteiger partial charge in [0.25, 0.3) is 0 Å². The second kappa shape index (κ2) is 6.18. The first kappa shape index (κ1) is 15.0. The highest BCUT2D eigenvalue weighted by Crippen LogP contribution is 2.10. The second-order valence-corrected chi connectivity index (χ2v) is 5.18. The highest BCUT2D eigenvalue weighted by atomic mass is 16.6. The molecule has 0 saturated heterocycles. The number of rotatable bonds is 4. The monoisotopic (exact) mass is 262 g/mol. The van der Waals surface area contributed by atoms with Gasteiger partial charge in [-0.2, -0.15) is 0 Å². The SMILES string of the molecule is CC(C)(C)OC(=O)C=Cc1cccc(CC(=O)O)c1. The predicted octanol–water partition coefficient (Wildman–Crippen LogP) is 2.67. The molecule has 0 fully saturated rings. The van der Waals surface area contributed by atoms with Crippen LogP contribution in [-0.2, 0) is 20.7 Å². The van der Waals surface area contributed by atoms with Crippen LogP contribution in [0.2, 0.25) is 0 Å². The Bertz CT molecular complexity index is 495. The first-order valence-corrected chi connectivity index (χ1v) is 5.98. The molecule has 0 aliphatic heterocycles. The number of benzene rings is 1. The molecule has 0 atom stereocenters. The molecule has 0 bridgehead atoms. The number of carbonyl (C=O) groups is 2. The highest BCUT2D eigenvalue weighted by molar-refractivity contribution is 5.87. The van der Waals surface area contributed by atoms with E-state index in [9.17, 15) is 9.59 Å². The molecule has 4 nitrogen and oxygen atoms in total. The van der Waals surface area contributed by atoms with Crippen LogP contribution in [0.4, 0.5) is 0 Å². The fourth-order valence-corrected chi connectivity index (χ4v) is 1.48. The maximum atomic E-state index is 11.5. The van der Waals surface area contributed by atoms with Crippen LogP contribution in [0.5, 0.6) is 0 Å². The van der Waals surface area contributed by atoms with Gasteiger partial charge < -0.3 is 9.84 Å². The molecule has 1 rings (SSSR count). The van der Waals surface area contributed by atoms with Crippen LogP contribution < -0.4 is 0 Å². The van der Waals surface area contributed by atoms with E-state index in [0.717, 1.165) is 5.56 Å². The van der Waals surface area contributed by atoms with Gasteiger partial charge in [0.1, 0.15) is 5.60 Å². The number of aliphatic carboxylic acids is 1. The van der Waals surface area contributed by atoms with Gasteiger partial charge >= 0.3 is 11.9 Å². The molecule has 4 heteroatoms. The number of hydrogen-bond donors (Lipinski definition) is 1. The Balaban J connectivity index is 2.71. The Morgan fingerprint density at radius 1 is 1.32 bits per heavy atom. The molecule has 0 heterocycles. The zero-order valence-electron chi connectivity index (χ0n) is 11.3. The van der Waals surface area contributed by atoms with Gasteiger partial charge in [0, 0.05) is 6.08 Å². The van der Waals surface area contributed by atoms with Gasteiger partial charge in [-0.25, -0.2) is 4.79 Å². The average Bonchev–Trinajstić information content (AvgIpc) is 2.23. The highest BCUT2D eigenvalue weighted by Gasteiger charge is 2.13. The minimum Gasteiger partial charge on any atom is -0.481 e. The summed E-state index contributed by atoms with van der Waals surface area (Å²) in [5, 5.41) is 8.71. The van der Waals surface area contributed by atoms with Crippen molar-refractivity contribution in [2.24, 2.45) is 0 Å². The fourth-order valence-electron chi connectivity index (χ4n) is 1.48. The number of carboxylic acid groups (broad SMARTS) is 1. The molecule has 0 unspecified atom stereocenters. The predicted molar refractivity (Wildman–Crippen MR) is 72.7 cm³/mol. The first-order chi connectivity index (χ1) is 8.76. The second-order valence-electron chi connectivity index (χ2n) is 5.18. The maximum absolute atomic E-state index is 11.5. The van der Waals surface area contributed by atoms with E-state index in [1.165, 1.54) is 6.08 Å². The van der Waals surface area contributed by atoms with Crippen LogP contribution in [-0.4, -0.2) is 22.6 Å². The maximum Gasteiger partial charge on any atom is 0.331 e. The van der Waals surface area contributed by atoms with Crippen LogP contribution in [0.15, 0.2) is 30.3 Å². The Labute approximate surface area is 112 Å². The van der Waals surface area contributed by atoms with Crippen molar-refractivity contribution in [1.82, 2.24) is 0 Å². The van der Waals surface area contributed by atoms with Gasteiger partial charge in [0.05, 0.1) is 6.42 Å². The number of ether oxygens (including phenoxy) is 1. The average molecular weight is 262 g/mol. The minimum absolute atomic E-state index is 0.0336. The third kappa shape index (κ3) is 6.41. The molecule has 1 aromatic carbocycles. The molecule has 0 saturated carbocycles. The van der Waals surface area contributed by atoms with E-state index in [-0.39, 0.29) is 6.42 Å². The molecule has 0 aliphatic rings. The van der Waals surface area contributed by atoms with Crippen LogP contribution in [0, 0.1) is 0 Å². The third-order valence-electron chi connectivity index (χ3n) is 2.13. The van der Waals surface area contributed by atoms with E-state index in [1.807, 2.05) is 0 Å². The molecule has 19 heavy (non-hydrogen) atoms. The Morgan fingerprint density at radius 2 is 2.00 bits per heavy atom. The summed E-state index contributed by atoms with van der Waals surface area (Å²) in [7, 11) is 0. The lowest BCUT2D eigenvalue weighted by Crippen LogP contribution is -2.22. The lowest BCUT2D eigenvalue weighted by atomic mass is 10.1. The van der Waals surface area contributed by atoms with Gasteiger partial charge in [0.2, 0.25) is 0 Å². The number of carboxylic acids is 1. The van der Waals surface area contributed by atoms with Gasteiger partial charge in [0.15, 0.2) is 0 Å². The van der Waals surface area contributed by atoms with Crippen molar-refractivity contribution in [2.45, 2.75) is 32.8 Å². The quantitative estimate of drug-likeness (QED) is 0.669. The summed E-state index contributed by atoms with van der Waals surface area (Å²) < 4.78 is 5.13. The van der Waals surface area contributed by atoms with Crippen molar-refractivity contribution < 1.29 is 19.4 Å². The van der Waals surface area contributed by atoms with Gasteiger partial charge in [-0.3, -0.25) is 4.79 Å². The van der Waals surface area contributed by atoms with Crippen LogP contribution in [0.1, 0.15) is 31.9 Å². The smallest absolute Gasteiger partial charge is 0.331 e. The van der Waals surface area contributed by atoms with E-state index in [4.69, 9.17) is 9.84 Å². The first-order valence-electron chi connectivity index (χ1n) is 5.98. The normalized spacial score (nSPS) is 11.5. The number of hydrogen-bond acceptors (Lipinski definition) is 3. The van der Waals surface area contributed by atoms with Crippen molar-refractivity contribution in [2.75, 3.05) is 0 Å². The van der Waals surface area contributed by atoms with Crippen molar-refractivity contribution in [3.8, 4) is 0 Å². The van der Waals surface area contributed by atoms with Gasteiger partial charge in [-0.1, -0.05) is 24.3 Å². The third-order valence-corrected chi connectivity index (χ3v) is 2.13. The molecule has 0 amide bonds. The molecule has 0 aromatic heterocycles. The van der Waals surface area contributed by atoms with Crippen molar-refractivity contribution in [3.63, 3.8) is 0 Å². The lowest BCUT2D eigenvalue weighted by molar-refractivity contribution is -0.148. The lowest BCUT2D eigenvalue weighted by Gasteiger charge is -2.17. The van der Waals surface area contributed by atoms with Gasteiger partial charge in [-0.05, 0) is 38.0 Å². The van der Waals surface area contributed by atoms with E-state index >= 15 is 0 Å². The molecular formula is C15H18O4. The summed E-state index contributed by atoms with van der Waals surface area (Å²) in [4.78, 5) is 22.1. The molecule has 0 radical (unpaired) electrons. The molecule has 102 valence electrons. The van der Waals surface area contributed by atoms with Crippen LogP contribution in [0.25, 0.3) is 6.08 Å². The molecular weight excluding hydrogens is 244 g/mol. The topological polar surface area (TPSA) is 63.6 Å². The Kier molecular flexibility index (Phi) is 4.87. The van der Waals surface area contributed by atoms with Gasteiger partial charge in [-0.15, -0.1) is 0 Å². The molecule has 0 spiro atoms. The zero-order chi connectivity index (χ0) is 14.5. The number of carbonyl (C=O) groups excluding carboxylic acids is 1. The minimum atomic E-state index is -0.881. The van der Waals surface area contributed by atoms with Crippen LogP contribution >= 0.6 is 0 Å². The molecule has 1 N–H and O–H groups in total. The fraction of sp³-hybridized carbons (Fsp3) is 0.333. The largest absolute Gasteiger partial charge is 0.481 e.